The quantitative estimate of drug-likeness (QED) is 0.0269. The Labute approximate surface area is 480 Å². The number of ether oxygens (including phenoxy) is 5. The van der Waals surface area contributed by atoms with E-state index in [0.29, 0.717) is 40.2 Å². The molecule has 26 heteroatoms. The topological polar surface area (TPSA) is 283 Å². The summed E-state index contributed by atoms with van der Waals surface area (Å²) in [7, 11) is 3.09. The lowest BCUT2D eigenvalue weighted by Crippen LogP contribution is -2.44. The summed E-state index contributed by atoms with van der Waals surface area (Å²) >= 11 is 6.24. The lowest BCUT2D eigenvalue weighted by Gasteiger charge is -2.39. The van der Waals surface area contributed by atoms with Gasteiger partial charge in [-0.25, -0.2) is 24.3 Å². The lowest BCUT2D eigenvalue weighted by atomic mass is 9.79. The first-order valence-electron chi connectivity index (χ1n) is 26.6. The number of halogens is 1. The molecule has 2 aliphatic rings. The van der Waals surface area contributed by atoms with Gasteiger partial charge in [0.25, 0.3) is 11.5 Å². The van der Waals surface area contributed by atoms with Crippen molar-refractivity contribution in [2.75, 3.05) is 44.7 Å². The van der Waals surface area contributed by atoms with E-state index in [-0.39, 0.29) is 47.1 Å². The highest BCUT2D eigenvalue weighted by atomic mass is 32.5. The average molecular weight is 1170 g/mol. The van der Waals surface area contributed by atoms with Crippen LogP contribution in [0.2, 0.25) is 0 Å². The minimum Gasteiger partial charge on any atom is -0.497 e. The number of alkyl halides is 1. The van der Waals surface area contributed by atoms with Crippen LogP contribution in [0.4, 0.5) is 16.2 Å². The fraction of sp³-hybridized carbons (Fsp3) is 0.351. The van der Waals surface area contributed by atoms with Gasteiger partial charge in [0, 0.05) is 17.4 Å². The molecule has 2 aliphatic heterocycles. The molecule has 0 radical (unpaired) electrons. The lowest BCUT2D eigenvalue weighted by molar-refractivity contribution is -0.118. The SMILES string of the molecule is CCC1O[C@@H](n2cnc3c(=O)[nH]c(NC(=O)C(C)C)nc32)[C@@H](OP(=S)(OCCC#N)OC[C@H]2OC(n3cnc4c(NC(=O)c5ccccc5)ncnc43)[C@@H](F)[C@H]2OC(c2ccccc2)(c2ccc(OC)cc2)c2ccc(OC)cc2)[C@H]1CO. The number of nitriles is 1. The van der Waals surface area contributed by atoms with Gasteiger partial charge in [-0.3, -0.25) is 33.8 Å². The third-order valence-electron chi connectivity index (χ3n) is 14.3. The van der Waals surface area contributed by atoms with E-state index in [9.17, 15) is 24.8 Å². The first-order chi connectivity index (χ1) is 40.2. The third-order valence-corrected chi connectivity index (χ3v) is 16.7. The number of methoxy groups -OCH3 is 2. The fourth-order valence-corrected chi connectivity index (χ4v) is 12.2. The number of H-pyrrole nitrogens is 1. The number of amides is 2. The number of hydrogen-bond donors (Lipinski definition) is 4. The zero-order valence-corrected chi connectivity index (χ0v) is 47.3. The van der Waals surface area contributed by atoms with E-state index in [1.165, 1.54) is 28.1 Å². The van der Waals surface area contributed by atoms with Gasteiger partial charge in [-0.1, -0.05) is 93.6 Å². The molecular formula is C57H59FN11O12PS. The molecule has 2 saturated heterocycles. The molecule has 4 N–H and O–H groups in total. The number of nitrogens with zero attached hydrogens (tertiary/aromatic N) is 8. The van der Waals surface area contributed by atoms with Crippen LogP contribution < -0.4 is 25.7 Å². The molecule has 4 aromatic carbocycles. The minimum atomic E-state index is -4.19. The molecule has 0 spiro atoms. The van der Waals surface area contributed by atoms with E-state index in [1.54, 1.807) is 82.7 Å². The van der Waals surface area contributed by atoms with Crippen LogP contribution in [0.5, 0.6) is 11.5 Å². The van der Waals surface area contributed by atoms with E-state index in [2.05, 4.69) is 40.5 Å². The van der Waals surface area contributed by atoms with Crippen molar-refractivity contribution in [3.8, 4) is 17.6 Å². The summed E-state index contributed by atoms with van der Waals surface area (Å²) in [6.45, 7) is -0.293. The Morgan fingerprint density at radius 3 is 2.05 bits per heavy atom. The predicted molar refractivity (Wildman–Crippen MR) is 303 cm³/mol. The molecule has 8 aromatic rings. The molecule has 3 unspecified atom stereocenters. The Hall–Kier alpha value is -7.89. The van der Waals surface area contributed by atoms with Crippen LogP contribution in [0.25, 0.3) is 22.3 Å². The van der Waals surface area contributed by atoms with Crippen molar-refractivity contribution in [3.63, 3.8) is 0 Å². The summed E-state index contributed by atoms with van der Waals surface area (Å²) in [5, 5.41) is 26.2. The van der Waals surface area contributed by atoms with E-state index >= 15 is 4.39 Å². The van der Waals surface area contributed by atoms with Gasteiger partial charge in [-0.15, -0.1) is 0 Å². The molecular weight excluding hydrogens is 1110 g/mol. The fourth-order valence-electron chi connectivity index (χ4n) is 10.1. The number of aromatic nitrogens is 8. The largest absolute Gasteiger partial charge is 0.497 e. The van der Waals surface area contributed by atoms with Crippen LogP contribution in [0.3, 0.4) is 0 Å². The normalized spacial score (nSPS) is 21.4. The number of benzene rings is 4. The molecule has 9 atom stereocenters. The van der Waals surface area contributed by atoms with E-state index in [0.717, 1.165) is 0 Å². The molecule has 2 amide bonds. The zero-order valence-electron chi connectivity index (χ0n) is 45.6. The number of fused-ring (bicyclic) bond motifs is 2. The van der Waals surface area contributed by atoms with E-state index < -0.39 is 97.8 Å². The maximum Gasteiger partial charge on any atom is 0.327 e. The number of rotatable bonds is 23. The molecule has 10 rings (SSSR count). The van der Waals surface area contributed by atoms with Crippen molar-refractivity contribution in [2.45, 2.75) is 82.3 Å². The van der Waals surface area contributed by atoms with Crippen LogP contribution in [-0.4, -0.2) is 121 Å². The Morgan fingerprint density at radius 1 is 0.819 bits per heavy atom. The molecule has 0 bridgehead atoms. The van der Waals surface area contributed by atoms with Crippen molar-refractivity contribution in [1.29, 1.82) is 5.26 Å². The highest BCUT2D eigenvalue weighted by Gasteiger charge is 2.54. The second-order valence-corrected chi connectivity index (χ2v) is 22.7. The first-order valence-corrected chi connectivity index (χ1v) is 29.1. The summed E-state index contributed by atoms with van der Waals surface area (Å²) in [6.07, 6.45) is -5.50. The monoisotopic (exact) mass is 1170 g/mol. The standard InChI is InChI=1S/C57H59FN11O12PS/c1-6-41-40(28-70)46(55(78-41)69-32-63-45-50(69)65-56(67-53(45)73)66-51(71)33(2)3)81-82(83,76-27-13-26-59)77-29-42-47(43(58)54(79-42)68-31-62-44-48(60-30-61-49(44)68)64-52(72)34-14-9-7-10-15-34)80-57(35-16-11-8-12-17-35,36-18-22-38(74-4)23-19-36)37-20-24-39(75-5)25-21-37/h7-12,14-25,30-33,40-43,46-47,54-55,70H,6,13,27-29H2,1-5H3,(H,60,61,64,72)(H2,65,66,67,71,73)/t40-,41?,42+,43-,46-,47-,54?,55+,82?/m0/s1. The van der Waals surface area contributed by atoms with Crippen LogP contribution in [0.1, 0.15) is 73.1 Å². The van der Waals surface area contributed by atoms with Crippen LogP contribution in [0.15, 0.2) is 133 Å². The van der Waals surface area contributed by atoms with Crippen molar-refractivity contribution in [1.82, 2.24) is 39.0 Å². The number of aliphatic hydroxyl groups excluding tert-OH is 1. The van der Waals surface area contributed by atoms with Gasteiger partial charge in [0.2, 0.25) is 11.9 Å². The molecule has 0 saturated carbocycles. The van der Waals surface area contributed by atoms with Crippen LogP contribution in [-0.2, 0) is 50.0 Å². The smallest absolute Gasteiger partial charge is 0.327 e. The van der Waals surface area contributed by atoms with E-state index in [1.807, 2.05) is 67.6 Å². The number of nitrogens with one attached hydrogen (secondary N) is 3. The zero-order chi connectivity index (χ0) is 58.4. The van der Waals surface area contributed by atoms with Gasteiger partial charge in [0.1, 0.15) is 41.7 Å². The summed E-state index contributed by atoms with van der Waals surface area (Å²) in [4.78, 5) is 64.3. The van der Waals surface area contributed by atoms with Crippen molar-refractivity contribution in [2.24, 2.45) is 11.8 Å². The highest BCUT2D eigenvalue weighted by molar-refractivity contribution is 8.07. The minimum absolute atomic E-state index is 0.0115. The maximum absolute atomic E-state index is 18.6. The number of aliphatic hydroxyl groups is 1. The van der Waals surface area contributed by atoms with Crippen molar-refractivity contribution < 1.29 is 56.3 Å². The number of imidazole rings is 2. The van der Waals surface area contributed by atoms with Gasteiger partial charge in [0.15, 0.2) is 46.8 Å². The highest BCUT2D eigenvalue weighted by Crippen LogP contribution is 2.57. The molecule has 2 fully saturated rings. The Bertz CT molecular complexity index is 3670. The number of carbonyl (C=O) groups excluding carboxylic acids is 2. The number of carbonyl (C=O) groups is 2. The molecule has 23 nitrogen and oxygen atoms in total. The summed E-state index contributed by atoms with van der Waals surface area (Å²) in [6, 6.07) is 34.2. The van der Waals surface area contributed by atoms with Gasteiger partial charge >= 0.3 is 6.72 Å². The van der Waals surface area contributed by atoms with E-state index in [4.69, 9.17) is 49.1 Å². The van der Waals surface area contributed by atoms with Gasteiger partial charge in [-0.2, -0.15) is 10.2 Å². The Balaban J connectivity index is 1.06. The predicted octanol–water partition coefficient (Wildman–Crippen LogP) is 7.91. The van der Waals surface area contributed by atoms with Crippen LogP contribution >= 0.6 is 6.72 Å². The van der Waals surface area contributed by atoms with Gasteiger partial charge in [-0.05, 0) is 71.3 Å². The van der Waals surface area contributed by atoms with Gasteiger partial charge in [0.05, 0.1) is 65.3 Å². The first kappa shape index (κ1) is 58.3. The molecule has 4 aromatic heterocycles. The number of aromatic amines is 1. The maximum atomic E-state index is 18.6. The Morgan fingerprint density at radius 2 is 1.43 bits per heavy atom. The van der Waals surface area contributed by atoms with Crippen molar-refractivity contribution >= 4 is 64.4 Å². The summed E-state index contributed by atoms with van der Waals surface area (Å²) < 4.78 is 73.1. The summed E-state index contributed by atoms with van der Waals surface area (Å²) in [5.74, 6) is -1.10. The molecule has 6 heterocycles. The second-order valence-electron chi connectivity index (χ2n) is 19.7. The Kier molecular flexibility index (Phi) is 17.8. The second kappa shape index (κ2) is 25.3. The number of anilines is 2. The average Bonchev–Trinajstić information content (AvgIpc) is 4.31. The molecule has 0 aliphatic carbocycles. The third kappa shape index (κ3) is 11.9. The van der Waals surface area contributed by atoms with Crippen LogP contribution in [0, 0.1) is 23.2 Å². The molecule has 432 valence electrons. The molecule has 83 heavy (non-hydrogen) atoms. The number of hydrogen-bond acceptors (Lipinski definition) is 19. The van der Waals surface area contributed by atoms with Crippen molar-refractivity contribution in [3.05, 3.63) is 161 Å². The van der Waals surface area contributed by atoms with Gasteiger partial charge < -0.3 is 47.7 Å². The summed E-state index contributed by atoms with van der Waals surface area (Å²) in [5.41, 5.74) is 0.00960.